The fraction of sp³-hybridized carbons (Fsp3) is 1.00. The average molecular weight is 407 g/mol. The number of rotatable bonds is 20. The normalized spacial score (nSPS) is 12.2. The van der Waals surface area contributed by atoms with Crippen LogP contribution in [-0.2, 0) is 17.7 Å². The summed E-state index contributed by atoms with van der Waals surface area (Å²) in [5.74, 6) is 0. The van der Waals surface area contributed by atoms with Gasteiger partial charge in [0.1, 0.15) is 0 Å². The first-order chi connectivity index (χ1) is 12.6. The van der Waals surface area contributed by atoms with E-state index >= 15 is 0 Å². The highest BCUT2D eigenvalue weighted by Gasteiger charge is 2.31. The Hall–Kier alpha value is 0.274. The van der Waals surface area contributed by atoms with Gasteiger partial charge >= 0.3 is 17.8 Å². The van der Waals surface area contributed by atoms with Gasteiger partial charge in [-0.3, -0.25) is 0 Å². The summed E-state index contributed by atoms with van der Waals surface area (Å²) in [4.78, 5) is 0. The van der Waals surface area contributed by atoms with Gasteiger partial charge in [-0.1, -0.05) is 53.4 Å². The minimum Gasteiger partial charge on any atom is -0.397 e. The fourth-order valence-corrected chi connectivity index (χ4v) is 7.18. The molecule has 26 heavy (non-hydrogen) atoms. The molecule has 0 radical (unpaired) electrons. The molecule has 0 aliphatic carbocycles. The van der Waals surface area contributed by atoms with Crippen molar-refractivity contribution in [2.75, 3.05) is 26.4 Å². The Morgan fingerprint density at radius 2 is 1.04 bits per heavy atom. The maximum absolute atomic E-state index is 6.25. The zero-order valence-corrected chi connectivity index (χ0v) is 20.5. The molecular formula is C20H46O4Si2. The molecule has 0 aromatic carbocycles. The molecule has 0 heterocycles. The Bertz CT molecular complexity index is 273. The van der Waals surface area contributed by atoms with Crippen LogP contribution in [-0.4, -0.2) is 44.3 Å². The third-order valence-corrected chi connectivity index (χ3v) is 9.47. The third kappa shape index (κ3) is 15.3. The SMILES string of the molecule is CCCCO[SiH](CCC[Si](C)(OCCCC)OCCCC)OCCCC. The van der Waals surface area contributed by atoms with E-state index in [1.54, 1.807) is 0 Å². The van der Waals surface area contributed by atoms with Crippen molar-refractivity contribution in [3.63, 3.8) is 0 Å². The molecule has 0 unspecified atom stereocenters. The van der Waals surface area contributed by atoms with Gasteiger partial charge in [0.2, 0.25) is 0 Å². The molecule has 0 saturated carbocycles. The number of hydrogen-bond acceptors (Lipinski definition) is 4. The van der Waals surface area contributed by atoms with Crippen molar-refractivity contribution in [3.05, 3.63) is 0 Å². The third-order valence-electron chi connectivity index (χ3n) is 4.48. The standard InChI is InChI=1S/C20H46O4Si2/c1-6-10-15-21-25(22-16-11-7-2)19-14-20-26(5,23-17-12-8-3)24-18-13-9-4/h25H,6-20H2,1-5H3. The molecule has 0 aliphatic rings. The van der Waals surface area contributed by atoms with E-state index in [-0.39, 0.29) is 0 Å². The lowest BCUT2D eigenvalue weighted by molar-refractivity contribution is 0.167. The molecule has 0 rings (SSSR count). The molecule has 0 N–H and O–H groups in total. The molecule has 0 amide bonds. The van der Waals surface area contributed by atoms with Gasteiger partial charge in [0.15, 0.2) is 0 Å². The highest BCUT2D eigenvalue weighted by molar-refractivity contribution is 6.66. The summed E-state index contributed by atoms with van der Waals surface area (Å²) in [7, 11) is -3.60. The molecule has 0 aromatic rings. The molecule has 0 saturated heterocycles. The zero-order chi connectivity index (χ0) is 19.5. The second-order valence-electron chi connectivity index (χ2n) is 7.31. The summed E-state index contributed by atoms with van der Waals surface area (Å²) < 4.78 is 24.7. The monoisotopic (exact) mass is 406 g/mol. The van der Waals surface area contributed by atoms with E-state index in [2.05, 4.69) is 34.2 Å². The highest BCUT2D eigenvalue weighted by atomic mass is 28.4. The van der Waals surface area contributed by atoms with E-state index in [0.29, 0.717) is 0 Å². The van der Waals surface area contributed by atoms with E-state index in [1.807, 2.05) is 0 Å². The predicted octanol–water partition coefficient (Wildman–Crippen LogP) is 5.94. The van der Waals surface area contributed by atoms with E-state index in [1.165, 1.54) is 25.7 Å². The van der Waals surface area contributed by atoms with Gasteiger partial charge in [-0.15, -0.1) is 0 Å². The lowest BCUT2D eigenvalue weighted by Crippen LogP contribution is -2.39. The summed E-state index contributed by atoms with van der Waals surface area (Å²) in [5, 5.41) is 0. The van der Waals surface area contributed by atoms with Gasteiger partial charge in [-0.25, -0.2) is 0 Å². The smallest absolute Gasteiger partial charge is 0.334 e. The van der Waals surface area contributed by atoms with Crippen molar-refractivity contribution in [1.82, 2.24) is 0 Å². The van der Waals surface area contributed by atoms with Gasteiger partial charge < -0.3 is 17.7 Å². The molecule has 0 bridgehead atoms. The largest absolute Gasteiger partial charge is 0.397 e. The van der Waals surface area contributed by atoms with Gasteiger partial charge in [-0.05, 0) is 50.7 Å². The molecule has 6 heteroatoms. The first-order valence-electron chi connectivity index (χ1n) is 11.1. The molecule has 0 aromatic heterocycles. The molecule has 158 valence electrons. The summed E-state index contributed by atoms with van der Waals surface area (Å²) in [6, 6.07) is 2.13. The van der Waals surface area contributed by atoms with Crippen LogP contribution in [0.3, 0.4) is 0 Å². The van der Waals surface area contributed by atoms with Crippen LogP contribution < -0.4 is 0 Å². The zero-order valence-electron chi connectivity index (χ0n) is 18.3. The van der Waals surface area contributed by atoms with Crippen molar-refractivity contribution in [1.29, 1.82) is 0 Å². The Labute approximate surface area is 166 Å². The molecular weight excluding hydrogens is 360 g/mol. The van der Waals surface area contributed by atoms with Crippen LogP contribution in [0.2, 0.25) is 18.6 Å². The molecule has 4 nitrogen and oxygen atoms in total. The van der Waals surface area contributed by atoms with Crippen molar-refractivity contribution >= 4 is 17.8 Å². The first-order valence-corrected chi connectivity index (χ1v) is 15.4. The van der Waals surface area contributed by atoms with Crippen LogP contribution in [0.5, 0.6) is 0 Å². The second kappa shape index (κ2) is 18.6. The summed E-state index contributed by atoms with van der Waals surface area (Å²) >= 11 is 0. The summed E-state index contributed by atoms with van der Waals surface area (Å²) in [6.45, 7) is 14.5. The molecule has 0 atom stereocenters. The van der Waals surface area contributed by atoms with Crippen LogP contribution in [0.1, 0.15) is 85.5 Å². The molecule has 0 spiro atoms. The van der Waals surface area contributed by atoms with Gasteiger partial charge in [0.05, 0.1) is 0 Å². The van der Waals surface area contributed by atoms with Gasteiger partial charge in [0.25, 0.3) is 0 Å². The molecule has 0 fully saturated rings. The van der Waals surface area contributed by atoms with Crippen LogP contribution >= 0.6 is 0 Å². The second-order valence-corrected chi connectivity index (χ2v) is 12.8. The van der Waals surface area contributed by atoms with E-state index in [9.17, 15) is 0 Å². The lowest BCUT2D eigenvalue weighted by atomic mass is 10.4. The Balaban J connectivity index is 4.36. The maximum Gasteiger partial charge on any atom is 0.334 e. The minimum atomic E-state index is -2.06. The Morgan fingerprint density at radius 1 is 0.615 bits per heavy atom. The highest BCUT2D eigenvalue weighted by Crippen LogP contribution is 2.20. The van der Waals surface area contributed by atoms with Crippen LogP contribution in [0.4, 0.5) is 0 Å². The van der Waals surface area contributed by atoms with Gasteiger partial charge in [-0.2, -0.15) is 0 Å². The Morgan fingerprint density at radius 3 is 1.46 bits per heavy atom. The quantitative estimate of drug-likeness (QED) is 0.185. The summed E-state index contributed by atoms with van der Waals surface area (Å²) in [5.41, 5.74) is 0. The van der Waals surface area contributed by atoms with Crippen LogP contribution in [0.15, 0.2) is 0 Å². The van der Waals surface area contributed by atoms with Crippen molar-refractivity contribution in [3.8, 4) is 0 Å². The fourth-order valence-electron chi connectivity index (χ4n) is 2.57. The van der Waals surface area contributed by atoms with Crippen molar-refractivity contribution < 1.29 is 17.7 Å². The predicted molar refractivity (Wildman–Crippen MR) is 116 cm³/mol. The number of hydrogen-bond donors (Lipinski definition) is 0. The minimum absolute atomic E-state index is 0.839. The van der Waals surface area contributed by atoms with E-state index in [0.717, 1.165) is 70.6 Å². The first kappa shape index (κ1) is 26.3. The summed E-state index contributed by atoms with van der Waals surface area (Å²) in [6.07, 6.45) is 10.3. The van der Waals surface area contributed by atoms with Crippen LogP contribution in [0, 0.1) is 0 Å². The van der Waals surface area contributed by atoms with Crippen LogP contribution in [0.25, 0.3) is 0 Å². The maximum atomic E-state index is 6.25. The topological polar surface area (TPSA) is 36.9 Å². The van der Waals surface area contributed by atoms with Gasteiger partial charge in [0, 0.05) is 26.4 Å². The van der Waals surface area contributed by atoms with Crippen molar-refractivity contribution in [2.45, 2.75) is 104 Å². The van der Waals surface area contributed by atoms with E-state index in [4.69, 9.17) is 17.7 Å². The van der Waals surface area contributed by atoms with E-state index < -0.39 is 17.8 Å². The number of unbranched alkanes of at least 4 members (excludes halogenated alkanes) is 4. The average Bonchev–Trinajstić information content (AvgIpc) is 2.62. The van der Waals surface area contributed by atoms with Crippen molar-refractivity contribution in [2.24, 2.45) is 0 Å². The Kier molecular flexibility index (Phi) is 18.8. The molecule has 0 aliphatic heterocycles. The lowest BCUT2D eigenvalue weighted by Gasteiger charge is -2.28.